The van der Waals surface area contributed by atoms with E-state index in [1.165, 1.54) is 15.8 Å². The number of thiophene rings is 1. The molecule has 3 rings (SSSR count). The van der Waals surface area contributed by atoms with Gasteiger partial charge in [0.15, 0.2) is 6.29 Å². The number of fused-ring (bicyclic) bond motifs is 3. The normalized spacial score (nSPS) is 11.5. The van der Waals surface area contributed by atoms with E-state index in [9.17, 15) is 4.79 Å². The van der Waals surface area contributed by atoms with Crippen LogP contribution in [0.15, 0.2) is 35.7 Å². The average Bonchev–Trinajstić information content (AvgIpc) is 2.83. The van der Waals surface area contributed by atoms with Crippen LogP contribution in [0.1, 0.15) is 35.7 Å². The van der Waals surface area contributed by atoms with Gasteiger partial charge in [-0.2, -0.15) is 0 Å². The van der Waals surface area contributed by atoms with E-state index in [2.05, 4.69) is 38.1 Å². The molecule has 0 spiro atoms. The lowest BCUT2D eigenvalue weighted by Gasteiger charge is -1.99. The Hall–Kier alpha value is -1.67. The van der Waals surface area contributed by atoms with E-state index in [0.29, 0.717) is 5.92 Å². The van der Waals surface area contributed by atoms with Crippen LogP contribution in [0, 0.1) is 0 Å². The summed E-state index contributed by atoms with van der Waals surface area (Å²) in [5.41, 5.74) is 4.38. The van der Waals surface area contributed by atoms with E-state index in [1.807, 2.05) is 11.4 Å². The maximum absolute atomic E-state index is 11.3. The van der Waals surface area contributed by atoms with Gasteiger partial charge in [-0.15, -0.1) is 11.3 Å². The third kappa shape index (κ3) is 1.57. The Bertz CT molecular complexity index is 694. The van der Waals surface area contributed by atoms with Gasteiger partial charge in [-0.05, 0) is 28.5 Å². The third-order valence-electron chi connectivity index (χ3n) is 3.45. The second-order valence-corrected chi connectivity index (χ2v) is 5.76. The molecule has 1 heterocycles. The van der Waals surface area contributed by atoms with Gasteiger partial charge in [-0.3, -0.25) is 4.79 Å². The molecule has 0 saturated heterocycles. The third-order valence-corrected chi connectivity index (χ3v) is 4.40. The first kappa shape index (κ1) is 11.4. The summed E-state index contributed by atoms with van der Waals surface area (Å²) in [6, 6.07) is 10.6. The molecule has 0 fully saturated rings. The van der Waals surface area contributed by atoms with E-state index >= 15 is 0 Å². The Labute approximate surface area is 110 Å². The maximum atomic E-state index is 11.3. The van der Waals surface area contributed by atoms with Crippen molar-refractivity contribution in [1.29, 1.82) is 0 Å². The number of hydrogen-bond donors (Lipinski definition) is 0. The Morgan fingerprint density at radius 3 is 2.44 bits per heavy atom. The fraction of sp³-hybridized carbons (Fsp3) is 0.188. The molecule has 2 aliphatic rings. The van der Waals surface area contributed by atoms with Crippen LogP contribution in [0.5, 0.6) is 0 Å². The first-order valence-electron chi connectivity index (χ1n) is 6.10. The van der Waals surface area contributed by atoms with Crippen molar-refractivity contribution >= 4 is 27.7 Å². The van der Waals surface area contributed by atoms with E-state index in [1.54, 1.807) is 11.3 Å². The predicted octanol–water partition coefficient (Wildman–Crippen LogP) is 4.94. The van der Waals surface area contributed by atoms with Crippen LogP contribution < -0.4 is 0 Å². The monoisotopic (exact) mass is 254 g/mol. The Morgan fingerprint density at radius 2 is 1.78 bits per heavy atom. The van der Waals surface area contributed by atoms with Crippen LogP contribution in [-0.4, -0.2) is 6.29 Å². The van der Waals surface area contributed by atoms with Crippen LogP contribution in [0.2, 0.25) is 0 Å². The molecule has 0 aliphatic heterocycles. The molecule has 0 bridgehead atoms. The zero-order valence-corrected chi connectivity index (χ0v) is 11.3. The van der Waals surface area contributed by atoms with Gasteiger partial charge in [-0.1, -0.05) is 38.1 Å². The second-order valence-electron chi connectivity index (χ2n) is 4.84. The minimum Gasteiger partial charge on any atom is -0.298 e. The van der Waals surface area contributed by atoms with E-state index < -0.39 is 0 Å². The standard InChI is InChI=1S/C16H14OS/c1-10(2)11-3-5-12-13(6-4-11)16-14(7-8-18-16)15(12)9-17/h3-10H,1-2H3. The molecule has 2 heteroatoms. The lowest BCUT2D eigenvalue weighted by Crippen LogP contribution is -1.81. The second kappa shape index (κ2) is 4.21. The molecule has 90 valence electrons. The van der Waals surface area contributed by atoms with Crippen molar-refractivity contribution in [3.05, 3.63) is 46.8 Å². The average molecular weight is 254 g/mol. The topological polar surface area (TPSA) is 17.1 Å². The summed E-state index contributed by atoms with van der Waals surface area (Å²) in [5.74, 6) is 0.500. The first-order chi connectivity index (χ1) is 8.72. The summed E-state index contributed by atoms with van der Waals surface area (Å²) >= 11 is 1.70. The van der Waals surface area contributed by atoms with Gasteiger partial charge >= 0.3 is 0 Å². The molecule has 0 unspecified atom stereocenters. The molecule has 2 aliphatic carbocycles. The highest BCUT2D eigenvalue weighted by Gasteiger charge is 2.17. The summed E-state index contributed by atoms with van der Waals surface area (Å²) in [6.45, 7) is 4.36. The van der Waals surface area contributed by atoms with Gasteiger partial charge in [0.05, 0.1) is 0 Å². The number of rotatable bonds is 2. The fourth-order valence-electron chi connectivity index (χ4n) is 2.41. The molecule has 0 atom stereocenters. The first-order valence-corrected chi connectivity index (χ1v) is 6.98. The van der Waals surface area contributed by atoms with Crippen LogP contribution in [0.3, 0.4) is 0 Å². The van der Waals surface area contributed by atoms with Crippen molar-refractivity contribution in [3.8, 4) is 11.1 Å². The van der Waals surface area contributed by atoms with Gasteiger partial charge in [0.2, 0.25) is 0 Å². The lowest BCUT2D eigenvalue weighted by atomic mass is 10.1. The minimum absolute atomic E-state index is 0.500. The predicted molar refractivity (Wildman–Crippen MR) is 77.9 cm³/mol. The molecular formula is C16H14OS. The van der Waals surface area contributed by atoms with Gasteiger partial charge in [0, 0.05) is 21.2 Å². The van der Waals surface area contributed by atoms with E-state index in [0.717, 1.165) is 22.8 Å². The molecule has 0 amide bonds. The van der Waals surface area contributed by atoms with Crippen molar-refractivity contribution < 1.29 is 4.79 Å². The Balaban J connectivity index is 2.39. The quantitative estimate of drug-likeness (QED) is 0.592. The Morgan fingerprint density at radius 1 is 1.06 bits per heavy atom. The van der Waals surface area contributed by atoms with Crippen molar-refractivity contribution in [1.82, 2.24) is 0 Å². The van der Waals surface area contributed by atoms with E-state index in [4.69, 9.17) is 0 Å². The molecule has 0 radical (unpaired) electrons. The van der Waals surface area contributed by atoms with Crippen molar-refractivity contribution in [2.24, 2.45) is 0 Å². The van der Waals surface area contributed by atoms with Gasteiger partial charge in [0.25, 0.3) is 0 Å². The van der Waals surface area contributed by atoms with Crippen LogP contribution >= 0.6 is 11.3 Å². The molecule has 1 nitrogen and oxygen atoms in total. The van der Waals surface area contributed by atoms with E-state index in [-0.39, 0.29) is 0 Å². The van der Waals surface area contributed by atoms with Crippen LogP contribution in [-0.2, 0) is 0 Å². The number of hydrogen-bond acceptors (Lipinski definition) is 2. The molecule has 18 heavy (non-hydrogen) atoms. The molecule has 0 aromatic carbocycles. The van der Waals surface area contributed by atoms with Crippen molar-refractivity contribution in [2.75, 3.05) is 0 Å². The highest BCUT2D eigenvalue weighted by Crippen LogP contribution is 2.41. The highest BCUT2D eigenvalue weighted by molar-refractivity contribution is 7.18. The zero-order valence-electron chi connectivity index (χ0n) is 10.4. The molecule has 1 aromatic heterocycles. The Kier molecular flexibility index (Phi) is 2.67. The summed E-state index contributed by atoms with van der Waals surface area (Å²) in [6.07, 6.45) is 0.979. The minimum atomic E-state index is 0.500. The fourth-order valence-corrected chi connectivity index (χ4v) is 3.36. The van der Waals surface area contributed by atoms with Crippen molar-refractivity contribution in [2.45, 2.75) is 19.8 Å². The van der Waals surface area contributed by atoms with Gasteiger partial charge < -0.3 is 0 Å². The SMILES string of the molecule is CC(C)c1ccc2c(C=O)c3ccsc3c-2cc1. The van der Waals surface area contributed by atoms with Crippen molar-refractivity contribution in [3.63, 3.8) is 0 Å². The molecular weight excluding hydrogens is 240 g/mol. The van der Waals surface area contributed by atoms with Crippen LogP contribution in [0.4, 0.5) is 0 Å². The molecule has 0 N–H and O–H groups in total. The smallest absolute Gasteiger partial charge is 0.151 e. The highest BCUT2D eigenvalue weighted by atomic mass is 32.1. The van der Waals surface area contributed by atoms with Crippen LogP contribution in [0.25, 0.3) is 21.2 Å². The number of aldehydes is 1. The number of carbonyl (C=O) groups is 1. The maximum Gasteiger partial charge on any atom is 0.151 e. The van der Waals surface area contributed by atoms with Gasteiger partial charge in [-0.25, -0.2) is 0 Å². The zero-order chi connectivity index (χ0) is 12.7. The number of carbonyl (C=O) groups excluding carboxylic acids is 1. The summed E-state index contributed by atoms with van der Waals surface area (Å²) in [4.78, 5) is 11.3. The summed E-state index contributed by atoms with van der Waals surface area (Å²) in [7, 11) is 0. The lowest BCUT2D eigenvalue weighted by molar-refractivity contribution is 0.112. The molecule has 1 aromatic rings. The summed E-state index contributed by atoms with van der Waals surface area (Å²) < 4.78 is 1.22. The van der Waals surface area contributed by atoms with Gasteiger partial charge in [0.1, 0.15) is 0 Å². The molecule has 0 saturated carbocycles. The summed E-state index contributed by atoms with van der Waals surface area (Å²) in [5, 5.41) is 3.13. The largest absolute Gasteiger partial charge is 0.298 e.